The third-order valence-electron chi connectivity index (χ3n) is 4.12. The number of phenolic OH excluding ortho intramolecular Hbond substituents is 3. The third kappa shape index (κ3) is 3.55. The average Bonchev–Trinajstić information content (AvgIpc) is 2.48. The number of likely N-dealkylation sites (tertiary alicyclic amines) is 1. The molecule has 112 valence electrons. The molecule has 2 rings (SSSR count). The van der Waals surface area contributed by atoms with Crippen LogP contribution in [0.1, 0.15) is 25.3 Å². The van der Waals surface area contributed by atoms with Gasteiger partial charge in [0.05, 0.1) is 0 Å². The zero-order valence-electron chi connectivity index (χ0n) is 12.0. The Balaban J connectivity index is 1.78. The topological polar surface area (TPSA) is 76.0 Å². The summed E-state index contributed by atoms with van der Waals surface area (Å²) in [5.41, 5.74) is 0.603. The van der Waals surface area contributed by atoms with Crippen LogP contribution < -0.4 is 5.32 Å². The molecule has 0 spiro atoms. The summed E-state index contributed by atoms with van der Waals surface area (Å²) >= 11 is 0. The molecule has 0 atom stereocenters. The van der Waals surface area contributed by atoms with Crippen molar-refractivity contribution in [2.75, 3.05) is 26.2 Å². The van der Waals surface area contributed by atoms with Crippen LogP contribution in [0.3, 0.4) is 0 Å². The van der Waals surface area contributed by atoms with Gasteiger partial charge in [-0.25, -0.2) is 0 Å². The van der Waals surface area contributed by atoms with E-state index in [0.29, 0.717) is 18.0 Å². The van der Waals surface area contributed by atoms with Gasteiger partial charge in [0.15, 0.2) is 11.5 Å². The summed E-state index contributed by atoms with van der Waals surface area (Å²) in [4.78, 5) is 2.46. The van der Waals surface area contributed by atoms with Gasteiger partial charge in [0.25, 0.3) is 0 Å². The molecule has 0 radical (unpaired) electrons. The van der Waals surface area contributed by atoms with E-state index in [1.54, 1.807) is 6.07 Å². The van der Waals surface area contributed by atoms with Crippen LogP contribution in [0.25, 0.3) is 0 Å². The van der Waals surface area contributed by atoms with E-state index in [1.807, 2.05) is 0 Å². The van der Waals surface area contributed by atoms with Crippen molar-refractivity contribution in [3.8, 4) is 17.2 Å². The van der Waals surface area contributed by atoms with E-state index in [-0.39, 0.29) is 11.5 Å². The number of hydrogen-bond donors (Lipinski definition) is 4. The van der Waals surface area contributed by atoms with Crippen LogP contribution in [-0.2, 0) is 6.54 Å². The molecule has 0 aliphatic carbocycles. The summed E-state index contributed by atoms with van der Waals surface area (Å²) in [6, 6.07) is 3.02. The number of nitrogens with zero attached hydrogens (tertiary/aromatic N) is 1. The molecular weight excluding hydrogens is 256 g/mol. The maximum atomic E-state index is 9.73. The molecule has 20 heavy (non-hydrogen) atoms. The largest absolute Gasteiger partial charge is 0.504 e. The quantitative estimate of drug-likeness (QED) is 0.617. The van der Waals surface area contributed by atoms with E-state index < -0.39 is 5.75 Å². The second kappa shape index (κ2) is 6.81. The van der Waals surface area contributed by atoms with Gasteiger partial charge in [-0.2, -0.15) is 0 Å². The standard InChI is InChI=1S/C15H24N2O3/c1-2-17-7-5-11(6-8-17)9-16-10-12-3-4-13(18)15(20)14(12)19/h3-4,11,16,18-20H,2,5-10H2,1H3. The van der Waals surface area contributed by atoms with Crippen molar-refractivity contribution in [2.24, 2.45) is 5.92 Å². The first-order valence-electron chi connectivity index (χ1n) is 7.27. The van der Waals surface area contributed by atoms with Crippen molar-refractivity contribution in [3.05, 3.63) is 17.7 Å². The van der Waals surface area contributed by atoms with E-state index in [2.05, 4.69) is 17.1 Å². The van der Waals surface area contributed by atoms with Gasteiger partial charge in [-0.1, -0.05) is 13.0 Å². The summed E-state index contributed by atoms with van der Waals surface area (Å²) in [5, 5.41) is 31.8. The Morgan fingerprint density at radius 3 is 2.50 bits per heavy atom. The summed E-state index contributed by atoms with van der Waals surface area (Å²) < 4.78 is 0. The molecule has 1 fully saturated rings. The van der Waals surface area contributed by atoms with Gasteiger partial charge in [-0.15, -0.1) is 0 Å². The summed E-state index contributed by atoms with van der Waals surface area (Å²) in [6.45, 7) is 7.05. The van der Waals surface area contributed by atoms with Gasteiger partial charge in [0.2, 0.25) is 5.75 Å². The third-order valence-corrected chi connectivity index (χ3v) is 4.12. The SMILES string of the molecule is CCN1CCC(CNCc2ccc(O)c(O)c2O)CC1. The highest BCUT2D eigenvalue weighted by molar-refractivity contribution is 5.52. The van der Waals surface area contributed by atoms with Crippen molar-refractivity contribution in [3.63, 3.8) is 0 Å². The van der Waals surface area contributed by atoms with E-state index in [9.17, 15) is 15.3 Å². The Bertz CT molecular complexity index is 443. The number of aromatic hydroxyl groups is 3. The lowest BCUT2D eigenvalue weighted by Gasteiger charge is -2.31. The minimum absolute atomic E-state index is 0.238. The molecule has 1 saturated heterocycles. The lowest BCUT2D eigenvalue weighted by molar-refractivity contribution is 0.190. The minimum atomic E-state index is -0.444. The zero-order chi connectivity index (χ0) is 14.5. The highest BCUT2D eigenvalue weighted by atomic mass is 16.3. The monoisotopic (exact) mass is 280 g/mol. The first kappa shape index (κ1) is 14.9. The Hall–Kier alpha value is -1.46. The van der Waals surface area contributed by atoms with Crippen molar-refractivity contribution < 1.29 is 15.3 Å². The maximum absolute atomic E-state index is 9.73. The molecule has 0 amide bonds. The summed E-state index contributed by atoms with van der Waals surface area (Å²) in [5.74, 6) is -0.303. The van der Waals surface area contributed by atoms with E-state index >= 15 is 0 Å². The lowest BCUT2D eigenvalue weighted by Crippen LogP contribution is -2.36. The molecule has 5 heteroatoms. The second-order valence-electron chi connectivity index (χ2n) is 5.45. The normalized spacial score (nSPS) is 17.4. The van der Waals surface area contributed by atoms with Crippen molar-refractivity contribution in [1.82, 2.24) is 10.2 Å². The molecule has 1 aliphatic rings. The smallest absolute Gasteiger partial charge is 0.200 e. The number of nitrogens with one attached hydrogen (secondary N) is 1. The summed E-state index contributed by atoms with van der Waals surface area (Å²) in [6.07, 6.45) is 2.40. The van der Waals surface area contributed by atoms with Crippen molar-refractivity contribution in [2.45, 2.75) is 26.3 Å². The molecule has 0 aromatic heterocycles. The molecular formula is C15H24N2O3. The fraction of sp³-hybridized carbons (Fsp3) is 0.600. The number of hydrogen-bond acceptors (Lipinski definition) is 5. The molecule has 1 heterocycles. The van der Waals surface area contributed by atoms with Gasteiger partial charge in [-0.3, -0.25) is 0 Å². The molecule has 0 bridgehead atoms. The minimum Gasteiger partial charge on any atom is -0.504 e. The van der Waals surface area contributed by atoms with Crippen LogP contribution >= 0.6 is 0 Å². The average molecular weight is 280 g/mol. The molecule has 1 aliphatic heterocycles. The molecule has 5 nitrogen and oxygen atoms in total. The van der Waals surface area contributed by atoms with Gasteiger partial charge in [0.1, 0.15) is 0 Å². The molecule has 1 aromatic rings. The summed E-state index contributed by atoms with van der Waals surface area (Å²) in [7, 11) is 0. The Morgan fingerprint density at radius 1 is 1.15 bits per heavy atom. The highest BCUT2D eigenvalue weighted by Gasteiger charge is 2.18. The van der Waals surface area contributed by atoms with Crippen molar-refractivity contribution >= 4 is 0 Å². The van der Waals surface area contributed by atoms with Gasteiger partial charge >= 0.3 is 0 Å². The van der Waals surface area contributed by atoms with Gasteiger partial charge in [0, 0.05) is 12.1 Å². The van der Waals surface area contributed by atoms with Gasteiger partial charge < -0.3 is 25.5 Å². The first-order chi connectivity index (χ1) is 9.61. The lowest BCUT2D eigenvalue weighted by atomic mass is 9.97. The van der Waals surface area contributed by atoms with Gasteiger partial charge in [-0.05, 0) is 51.0 Å². The molecule has 4 N–H and O–H groups in total. The Kier molecular flexibility index (Phi) is 5.09. The predicted octanol–water partition coefficient (Wildman–Crippen LogP) is 1.62. The predicted molar refractivity (Wildman–Crippen MR) is 78.0 cm³/mol. The van der Waals surface area contributed by atoms with E-state index in [4.69, 9.17) is 0 Å². The fourth-order valence-corrected chi connectivity index (χ4v) is 2.67. The fourth-order valence-electron chi connectivity index (χ4n) is 2.67. The molecule has 1 aromatic carbocycles. The highest BCUT2D eigenvalue weighted by Crippen LogP contribution is 2.36. The van der Waals surface area contributed by atoms with Crippen LogP contribution in [-0.4, -0.2) is 46.4 Å². The van der Waals surface area contributed by atoms with E-state index in [1.165, 1.54) is 18.9 Å². The van der Waals surface area contributed by atoms with Crippen LogP contribution in [0.4, 0.5) is 0 Å². The molecule has 0 unspecified atom stereocenters. The van der Waals surface area contributed by atoms with Crippen LogP contribution in [0.5, 0.6) is 17.2 Å². The Labute approximate surface area is 119 Å². The number of piperidine rings is 1. The number of phenols is 3. The van der Waals surface area contributed by atoms with Crippen LogP contribution in [0, 0.1) is 5.92 Å². The maximum Gasteiger partial charge on any atom is 0.200 e. The number of rotatable bonds is 5. The Morgan fingerprint density at radius 2 is 1.85 bits per heavy atom. The van der Waals surface area contributed by atoms with Crippen LogP contribution in [0.15, 0.2) is 12.1 Å². The van der Waals surface area contributed by atoms with Crippen molar-refractivity contribution in [1.29, 1.82) is 0 Å². The zero-order valence-corrected chi connectivity index (χ0v) is 12.0. The second-order valence-corrected chi connectivity index (χ2v) is 5.45. The number of benzene rings is 1. The first-order valence-corrected chi connectivity index (χ1v) is 7.27. The molecule has 0 saturated carbocycles. The van der Waals surface area contributed by atoms with E-state index in [0.717, 1.165) is 26.2 Å². The van der Waals surface area contributed by atoms with Crippen LogP contribution in [0.2, 0.25) is 0 Å².